The Morgan fingerprint density at radius 2 is 2.04 bits per heavy atom. The smallest absolute Gasteiger partial charge is 0.238 e. The van der Waals surface area contributed by atoms with E-state index in [4.69, 9.17) is 4.74 Å². The number of ether oxygens (including phenoxy) is 1. The van der Waals surface area contributed by atoms with Gasteiger partial charge < -0.3 is 14.6 Å². The normalized spacial score (nSPS) is 15.9. The van der Waals surface area contributed by atoms with E-state index in [1.165, 1.54) is 0 Å². The van der Waals surface area contributed by atoms with Crippen LogP contribution in [0.4, 0.5) is 5.69 Å². The van der Waals surface area contributed by atoms with Gasteiger partial charge >= 0.3 is 0 Å². The third-order valence-corrected chi connectivity index (χ3v) is 4.55. The summed E-state index contributed by atoms with van der Waals surface area (Å²) in [5.74, 6) is 1.53. The molecule has 0 unspecified atom stereocenters. The van der Waals surface area contributed by atoms with Crippen molar-refractivity contribution in [3.05, 3.63) is 43.0 Å². The van der Waals surface area contributed by atoms with E-state index in [0.717, 1.165) is 43.9 Å². The summed E-state index contributed by atoms with van der Waals surface area (Å²) in [5.41, 5.74) is 0.809. The van der Waals surface area contributed by atoms with Gasteiger partial charge in [-0.05, 0) is 63.0 Å². The lowest BCUT2D eigenvalue weighted by Crippen LogP contribution is -2.39. The molecule has 0 saturated carbocycles. The number of nitrogens with one attached hydrogen (secondary N) is 1. The van der Waals surface area contributed by atoms with Crippen LogP contribution in [-0.2, 0) is 11.3 Å². The van der Waals surface area contributed by atoms with Crippen molar-refractivity contribution in [1.82, 2.24) is 14.5 Å². The molecule has 0 radical (unpaired) electrons. The molecule has 0 aliphatic carbocycles. The molecular weight excluding hydrogens is 316 g/mol. The van der Waals surface area contributed by atoms with Gasteiger partial charge in [-0.1, -0.05) is 0 Å². The molecule has 1 amide bonds. The summed E-state index contributed by atoms with van der Waals surface area (Å²) in [6, 6.07) is 7.50. The number of carbonyl (C=O) groups excluding carboxylic acids is 1. The van der Waals surface area contributed by atoms with Crippen LogP contribution in [0, 0.1) is 5.92 Å². The van der Waals surface area contributed by atoms with Gasteiger partial charge in [0.15, 0.2) is 0 Å². The number of anilines is 1. The zero-order valence-corrected chi connectivity index (χ0v) is 14.7. The van der Waals surface area contributed by atoms with Crippen LogP contribution in [0.1, 0.15) is 19.8 Å². The quantitative estimate of drug-likeness (QED) is 0.840. The molecule has 6 nitrogen and oxygen atoms in total. The van der Waals surface area contributed by atoms with Crippen molar-refractivity contribution in [2.24, 2.45) is 5.92 Å². The molecule has 0 spiro atoms. The maximum Gasteiger partial charge on any atom is 0.238 e. The number of carbonyl (C=O) groups is 1. The van der Waals surface area contributed by atoms with Gasteiger partial charge in [0.1, 0.15) is 5.75 Å². The lowest BCUT2D eigenvalue weighted by atomic mass is 9.97. The third kappa shape index (κ3) is 5.32. The molecule has 0 atom stereocenters. The molecule has 6 heteroatoms. The van der Waals surface area contributed by atoms with E-state index in [-0.39, 0.29) is 5.91 Å². The number of rotatable bonds is 7. The van der Waals surface area contributed by atoms with Crippen molar-refractivity contribution in [2.75, 3.05) is 31.6 Å². The maximum atomic E-state index is 12.2. The molecule has 1 aromatic heterocycles. The van der Waals surface area contributed by atoms with E-state index in [2.05, 4.69) is 19.8 Å². The van der Waals surface area contributed by atoms with Crippen LogP contribution < -0.4 is 10.1 Å². The Labute approximate surface area is 148 Å². The molecule has 1 N–H and O–H groups in total. The van der Waals surface area contributed by atoms with Gasteiger partial charge in [-0.3, -0.25) is 9.69 Å². The zero-order chi connectivity index (χ0) is 17.5. The first-order chi connectivity index (χ1) is 12.2. The summed E-state index contributed by atoms with van der Waals surface area (Å²) in [6.07, 6.45) is 7.94. The summed E-state index contributed by atoms with van der Waals surface area (Å²) < 4.78 is 7.55. The van der Waals surface area contributed by atoms with E-state index in [9.17, 15) is 4.79 Å². The summed E-state index contributed by atoms with van der Waals surface area (Å²) >= 11 is 0. The van der Waals surface area contributed by atoms with Gasteiger partial charge in [-0.15, -0.1) is 0 Å². The van der Waals surface area contributed by atoms with Crippen LogP contribution in [0.2, 0.25) is 0 Å². The van der Waals surface area contributed by atoms with Crippen LogP contribution in [0.5, 0.6) is 5.75 Å². The van der Waals surface area contributed by atoms with Crippen molar-refractivity contribution in [2.45, 2.75) is 26.3 Å². The fourth-order valence-corrected chi connectivity index (χ4v) is 3.22. The number of piperidine rings is 1. The number of hydrogen-bond donors (Lipinski definition) is 1. The number of benzene rings is 1. The van der Waals surface area contributed by atoms with Crippen molar-refractivity contribution in [1.29, 1.82) is 0 Å². The van der Waals surface area contributed by atoms with Gasteiger partial charge in [-0.25, -0.2) is 4.98 Å². The molecular formula is C19H26N4O2. The summed E-state index contributed by atoms with van der Waals surface area (Å²) in [5, 5.41) is 2.96. The van der Waals surface area contributed by atoms with Crippen LogP contribution in [0.3, 0.4) is 0 Å². The predicted molar refractivity (Wildman–Crippen MR) is 97.6 cm³/mol. The molecule has 134 valence electrons. The van der Waals surface area contributed by atoms with Crippen LogP contribution in [0.25, 0.3) is 0 Å². The standard InChI is InChI=1S/C19H26N4O2/c1-2-25-18-5-3-17(4-6-18)21-19(24)14-22-10-7-16(8-11-22)13-23-12-9-20-15-23/h3-6,9,12,15-16H,2,7-8,10-11,13-14H2,1H3,(H,21,24). The van der Waals surface area contributed by atoms with Gasteiger partial charge in [0.2, 0.25) is 5.91 Å². The number of aromatic nitrogens is 2. The van der Waals surface area contributed by atoms with E-state index < -0.39 is 0 Å². The molecule has 1 aliphatic rings. The van der Waals surface area contributed by atoms with Crippen LogP contribution >= 0.6 is 0 Å². The SMILES string of the molecule is CCOc1ccc(NC(=O)CN2CCC(Cn3ccnc3)CC2)cc1. The van der Waals surface area contributed by atoms with Crippen molar-refractivity contribution in [3.8, 4) is 5.75 Å². The highest BCUT2D eigenvalue weighted by Crippen LogP contribution is 2.19. The van der Waals surface area contributed by atoms with Gasteiger partial charge in [0.05, 0.1) is 19.5 Å². The Hall–Kier alpha value is -2.34. The first-order valence-electron chi connectivity index (χ1n) is 8.93. The second-order valence-electron chi connectivity index (χ2n) is 6.48. The Bertz CT molecular complexity index is 647. The molecule has 1 saturated heterocycles. The second kappa shape index (κ2) is 8.67. The van der Waals surface area contributed by atoms with E-state index in [1.54, 1.807) is 0 Å². The third-order valence-electron chi connectivity index (χ3n) is 4.55. The first-order valence-corrected chi connectivity index (χ1v) is 8.93. The lowest BCUT2D eigenvalue weighted by molar-refractivity contribution is -0.117. The second-order valence-corrected chi connectivity index (χ2v) is 6.48. The van der Waals surface area contributed by atoms with E-state index >= 15 is 0 Å². The molecule has 25 heavy (non-hydrogen) atoms. The Balaban J connectivity index is 1.40. The number of imidazole rings is 1. The minimum atomic E-state index is 0.0391. The van der Waals surface area contributed by atoms with Crippen molar-refractivity contribution in [3.63, 3.8) is 0 Å². The van der Waals surface area contributed by atoms with E-state index in [1.807, 2.05) is 49.9 Å². The highest BCUT2D eigenvalue weighted by molar-refractivity contribution is 5.92. The molecule has 1 aromatic carbocycles. The summed E-state index contributed by atoms with van der Waals surface area (Å²) in [4.78, 5) is 18.6. The zero-order valence-electron chi connectivity index (χ0n) is 14.7. The first kappa shape index (κ1) is 17.5. The van der Waals surface area contributed by atoms with Crippen LogP contribution in [-0.4, -0.2) is 46.6 Å². The number of hydrogen-bond acceptors (Lipinski definition) is 4. The fourth-order valence-electron chi connectivity index (χ4n) is 3.22. The van der Waals surface area contributed by atoms with Crippen LogP contribution in [0.15, 0.2) is 43.0 Å². The minimum Gasteiger partial charge on any atom is -0.494 e. The highest BCUT2D eigenvalue weighted by atomic mass is 16.5. The average Bonchev–Trinajstić information content (AvgIpc) is 3.12. The lowest BCUT2D eigenvalue weighted by Gasteiger charge is -2.31. The van der Waals surface area contributed by atoms with Gasteiger partial charge in [0, 0.05) is 24.6 Å². The Morgan fingerprint density at radius 1 is 1.28 bits per heavy atom. The molecule has 3 rings (SSSR count). The average molecular weight is 342 g/mol. The van der Waals surface area contributed by atoms with Gasteiger partial charge in [-0.2, -0.15) is 0 Å². The highest BCUT2D eigenvalue weighted by Gasteiger charge is 2.21. The monoisotopic (exact) mass is 342 g/mol. The number of nitrogens with zero attached hydrogens (tertiary/aromatic N) is 3. The summed E-state index contributed by atoms with van der Waals surface area (Å²) in [6.45, 7) is 6.00. The maximum absolute atomic E-state index is 12.2. The Kier molecular flexibility index (Phi) is 6.06. The molecule has 1 fully saturated rings. The Morgan fingerprint density at radius 3 is 2.68 bits per heavy atom. The van der Waals surface area contributed by atoms with E-state index in [0.29, 0.717) is 19.1 Å². The van der Waals surface area contributed by atoms with Crippen molar-refractivity contribution < 1.29 is 9.53 Å². The number of amides is 1. The number of likely N-dealkylation sites (tertiary alicyclic amines) is 1. The topological polar surface area (TPSA) is 59.4 Å². The van der Waals surface area contributed by atoms with Gasteiger partial charge in [0.25, 0.3) is 0 Å². The summed E-state index contributed by atoms with van der Waals surface area (Å²) in [7, 11) is 0. The molecule has 1 aliphatic heterocycles. The molecule has 2 heterocycles. The fraction of sp³-hybridized carbons (Fsp3) is 0.474. The molecule has 2 aromatic rings. The minimum absolute atomic E-state index is 0.0391. The van der Waals surface area contributed by atoms with Crippen molar-refractivity contribution >= 4 is 11.6 Å². The molecule has 0 bridgehead atoms. The largest absolute Gasteiger partial charge is 0.494 e. The predicted octanol–water partition coefficient (Wildman–Crippen LogP) is 2.63.